The van der Waals surface area contributed by atoms with Gasteiger partial charge in [0, 0.05) is 25.3 Å². The molecule has 68 valence electrons. The highest BCUT2D eigenvalue weighted by molar-refractivity contribution is 5.50. The third-order valence-electron chi connectivity index (χ3n) is 2.36. The van der Waals surface area contributed by atoms with Gasteiger partial charge in [0.15, 0.2) is 0 Å². The second-order valence-corrected chi connectivity index (χ2v) is 3.25. The Bertz CT molecular complexity index is 292. The summed E-state index contributed by atoms with van der Waals surface area (Å²) in [6, 6.07) is 8.45. The molecule has 0 atom stereocenters. The van der Waals surface area contributed by atoms with Crippen LogP contribution in [0.25, 0.3) is 0 Å². The molecular formula is C11H14N2. The van der Waals surface area contributed by atoms with Crippen LogP contribution in [0, 0.1) is 0 Å². The highest BCUT2D eigenvalue weighted by Crippen LogP contribution is 2.17. The van der Waals surface area contributed by atoms with E-state index in [0.29, 0.717) is 6.54 Å². The van der Waals surface area contributed by atoms with Crippen molar-refractivity contribution in [1.82, 2.24) is 0 Å². The minimum Gasteiger partial charge on any atom is -0.364 e. The third-order valence-corrected chi connectivity index (χ3v) is 2.36. The molecule has 0 spiro atoms. The average molecular weight is 174 g/mol. The highest BCUT2D eigenvalue weighted by Gasteiger charge is 2.06. The summed E-state index contributed by atoms with van der Waals surface area (Å²) in [5.41, 5.74) is 8.00. The molecule has 2 heteroatoms. The number of nitrogens with two attached hydrogens (primary N) is 1. The zero-order valence-electron chi connectivity index (χ0n) is 7.61. The molecule has 1 aromatic rings. The van der Waals surface area contributed by atoms with Gasteiger partial charge in [-0.25, -0.2) is 0 Å². The summed E-state index contributed by atoms with van der Waals surface area (Å²) in [4.78, 5) is 2.32. The van der Waals surface area contributed by atoms with Crippen molar-refractivity contribution in [3.05, 3.63) is 42.0 Å². The fourth-order valence-corrected chi connectivity index (χ4v) is 1.53. The van der Waals surface area contributed by atoms with Gasteiger partial charge in [-0.1, -0.05) is 24.3 Å². The summed E-state index contributed by atoms with van der Waals surface area (Å²) in [6.07, 6.45) is 4.38. The Morgan fingerprint density at radius 2 is 1.69 bits per heavy atom. The topological polar surface area (TPSA) is 29.3 Å². The first kappa shape index (κ1) is 8.32. The van der Waals surface area contributed by atoms with E-state index in [1.807, 2.05) is 0 Å². The third kappa shape index (κ3) is 1.73. The van der Waals surface area contributed by atoms with Crippen molar-refractivity contribution >= 4 is 5.69 Å². The van der Waals surface area contributed by atoms with Crippen molar-refractivity contribution in [3.8, 4) is 0 Å². The number of nitrogens with zero attached hydrogens (tertiary/aromatic N) is 1. The van der Waals surface area contributed by atoms with Crippen LogP contribution in [0.1, 0.15) is 5.56 Å². The molecule has 0 saturated heterocycles. The Labute approximate surface area is 78.7 Å². The molecule has 0 unspecified atom stereocenters. The number of anilines is 1. The van der Waals surface area contributed by atoms with Crippen LogP contribution in [0.3, 0.4) is 0 Å². The number of hydrogen-bond acceptors (Lipinski definition) is 2. The number of hydrogen-bond donors (Lipinski definition) is 1. The van der Waals surface area contributed by atoms with Crippen molar-refractivity contribution in [3.63, 3.8) is 0 Å². The predicted molar refractivity (Wildman–Crippen MR) is 55.7 cm³/mol. The Morgan fingerprint density at radius 3 is 2.23 bits per heavy atom. The molecule has 0 aromatic heterocycles. The van der Waals surface area contributed by atoms with Crippen LogP contribution in [0.2, 0.25) is 0 Å². The van der Waals surface area contributed by atoms with Crippen molar-refractivity contribution in [2.24, 2.45) is 5.73 Å². The largest absolute Gasteiger partial charge is 0.364 e. The Morgan fingerprint density at radius 1 is 1.08 bits per heavy atom. The zero-order chi connectivity index (χ0) is 9.10. The van der Waals surface area contributed by atoms with E-state index < -0.39 is 0 Å². The summed E-state index contributed by atoms with van der Waals surface area (Å²) >= 11 is 0. The van der Waals surface area contributed by atoms with Gasteiger partial charge in [0.1, 0.15) is 0 Å². The Hall–Kier alpha value is -1.28. The number of rotatable bonds is 2. The smallest absolute Gasteiger partial charge is 0.0372 e. The fourth-order valence-electron chi connectivity index (χ4n) is 1.53. The van der Waals surface area contributed by atoms with Crippen LogP contribution in [-0.2, 0) is 6.54 Å². The fraction of sp³-hybridized carbons (Fsp3) is 0.273. The zero-order valence-corrected chi connectivity index (χ0v) is 7.61. The minimum atomic E-state index is 0.624. The quantitative estimate of drug-likeness (QED) is 0.689. The monoisotopic (exact) mass is 174 g/mol. The van der Waals surface area contributed by atoms with Crippen molar-refractivity contribution in [2.75, 3.05) is 18.0 Å². The van der Waals surface area contributed by atoms with Gasteiger partial charge >= 0.3 is 0 Å². The van der Waals surface area contributed by atoms with Crippen LogP contribution in [0.15, 0.2) is 36.4 Å². The second kappa shape index (κ2) is 3.62. The molecule has 0 amide bonds. The molecule has 0 bridgehead atoms. The lowest BCUT2D eigenvalue weighted by Crippen LogP contribution is -2.18. The molecular weight excluding hydrogens is 160 g/mol. The molecule has 1 aliphatic heterocycles. The maximum atomic E-state index is 5.53. The van der Waals surface area contributed by atoms with E-state index in [0.717, 1.165) is 13.1 Å². The molecule has 0 aliphatic carbocycles. The van der Waals surface area contributed by atoms with E-state index in [4.69, 9.17) is 5.73 Å². The maximum Gasteiger partial charge on any atom is 0.0372 e. The van der Waals surface area contributed by atoms with Crippen LogP contribution in [0.4, 0.5) is 5.69 Å². The lowest BCUT2D eigenvalue weighted by molar-refractivity contribution is 1.00. The summed E-state index contributed by atoms with van der Waals surface area (Å²) < 4.78 is 0. The highest BCUT2D eigenvalue weighted by atomic mass is 15.1. The standard InChI is InChI=1S/C11H14N2/c12-9-10-3-5-11(6-4-10)13-7-1-2-8-13/h1-6H,7-9,12H2. The molecule has 0 fully saturated rings. The molecule has 1 aromatic carbocycles. The van der Waals surface area contributed by atoms with E-state index in [1.54, 1.807) is 0 Å². The van der Waals surface area contributed by atoms with E-state index in [2.05, 4.69) is 41.3 Å². The summed E-state index contributed by atoms with van der Waals surface area (Å²) in [7, 11) is 0. The lowest BCUT2D eigenvalue weighted by Gasteiger charge is -2.17. The molecule has 2 rings (SSSR count). The second-order valence-electron chi connectivity index (χ2n) is 3.25. The van der Waals surface area contributed by atoms with E-state index in [-0.39, 0.29) is 0 Å². The lowest BCUT2D eigenvalue weighted by atomic mass is 10.2. The Kier molecular flexibility index (Phi) is 2.32. The van der Waals surface area contributed by atoms with Crippen LogP contribution in [0.5, 0.6) is 0 Å². The first-order chi connectivity index (χ1) is 6.40. The SMILES string of the molecule is NCc1ccc(N2CC=CC2)cc1. The Balaban J connectivity index is 2.13. The molecule has 1 heterocycles. The van der Waals surface area contributed by atoms with E-state index in [9.17, 15) is 0 Å². The summed E-state index contributed by atoms with van der Waals surface area (Å²) in [5, 5.41) is 0. The van der Waals surface area contributed by atoms with Crippen LogP contribution >= 0.6 is 0 Å². The van der Waals surface area contributed by atoms with Crippen LogP contribution < -0.4 is 10.6 Å². The average Bonchev–Trinajstić information content (AvgIpc) is 2.71. The van der Waals surface area contributed by atoms with Crippen molar-refractivity contribution in [2.45, 2.75) is 6.54 Å². The molecule has 2 N–H and O–H groups in total. The van der Waals surface area contributed by atoms with Gasteiger partial charge in [-0.2, -0.15) is 0 Å². The molecule has 0 radical (unpaired) electrons. The van der Waals surface area contributed by atoms with Crippen molar-refractivity contribution in [1.29, 1.82) is 0 Å². The van der Waals surface area contributed by atoms with Gasteiger partial charge in [-0.05, 0) is 17.7 Å². The molecule has 2 nitrogen and oxygen atoms in total. The summed E-state index contributed by atoms with van der Waals surface area (Å²) in [6.45, 7) is 2.68. The summed E-state index contributed by atoms with van der Waals surface area (Å²) in [5.74, 6) is 0. The van der Waals surface area contributed by atoms with Crippen LogP contribution in [-0.4, -0.2) is 13.1 Å². The van der Waals surface area contributed by atoms with E-state index >= 15 is 0 Å². The van der Waals surface area contributed by atoms with Crippen molar-refractivity contribution < 1.29 is 0 Å². The molecule has 13 heavy (non-hydrogen) atoms. The predicted octanol–water partition coefficient (Wildman–Crippen LogP) is 1.52. The molecule has 1 aliphatic rings. The first-order valence-electron chi connectivity index (χ1n) is 4.59. The van der Waals surface area contributed by atoms with Gasteiger partial charge in [0.2, 0.25) is 0 Å². The normalized spacial score (nSPS) is 15.3. The van der Waals surface area contributed by atoms with Gasteiger partial charge in [-0.15, -0.1) is 0 Å². The number of benzene rings is 1. The first-order valence-corrected chi connectivity index (χ1v) is 4.59. The minimum absolute atomic E-state index is 0.624. The maximum absolute atomic E-state index is 5.53. The van der Waals surface area contributed by atoms with Gasteiger partial charge in [0.25, 0.3) is 0 Å². The van der Waals surface area contributed by atoms with Gasteiger partial charge in [0.05, 0.1) is 0 Å². The van der Waals surface area contributed by atoms with Gasteiger partial charge in [-0.3, -0.25) is 0 Å². The van der Waals surface area contributed by atoms with Gasteiger partial charge < -0.3 is 10.6 Å². The molecule has 0 saturated carbocycles. The van der Waals surface area contributed by atoms with E-state index in [1.165, 1.54) is 11.3 Å².